The topological polar surface area (TPSA) is 40.5 Å². The van der Waals surface area contributed by atoms with Crippen molar-refractivity contribution in [2.75, 3.05) is 13.1 Å². The van der Waals surface area contributed by atoms with Crippen molar-refractivity contribution in [3.8, 4) is 11.1 Å². The molecule has 136 valence electrons. The molecule has 1 saturated carbocycles. The second kappa shape index (κ2) is 6.88. The van der Waals surface area contributed by atoms with Crippen LogP contribution in [0.15, 0.2) is 54.6 Å². The third kappa shape index (κ3) is 3.41. The van der Waals surface area contributed by atoms with E-state index in [1.807, 2.05) is 35.2 Å². The first kappa shape index (κ1) is 17.3. The van der Waals surface area contributed by atoms with Crippen LogP contribution in [0.25, 0.3) is 11.1 Å². The van der Waals surface area contributed by atoms with Crippen LogP contribution in [0.4, 0.5) is 0 Å². The van der Waals surface area contributed by atoms with Crippen LogP contribution in [-0.2, 0) is 10.4 Å². The highest BCUT2D eigenvalue weighted by atomic mass is 16.3. The van der Waals surface area contributed by atoms with Crippen LogP contribution in [0.2, 0.25) is 0 Å². The van der Waals surface area contributed by atoms with Crippen LogP contribution in [-0.4, -0.2) is 29.0 Å². The molecule has 0 radical (unpaired) electrons. The SMILES string of the molecule is C[C@H](C(=O)N1CCC(O)(c2ccc(-c3ccccc3)cc2)CC1)C1CC1. The summed E-state index contributed by atoms with van der Waals surface area (Å²) in [5.74, 6) is 1.01. The van der Waals surface area contributed by atoms with Gasteiger partial charge in [-0.25, -0.2) is 0 Å². The Hall–Kier alpha value is -2.13. The van der Waals surface area contributed by atoms with Gasteiger partial charge in [0, 0.05) is 19.0 Å². The number of nitrogens with zero attached hydrogens (tertiary/aromatic N) is 1. The predicted octanol–water partition coefficient (Wildman–Crippen LogP) is 4.21. The van der Waals surface area contributed by atoms with Gasteiger partial charge in [0.15, 0.2) is 0 Å². The van der Waals surface area contributed by atoms with E-state index in [-0.39, 0.29) is 11.8 Å². The molecule has 3 heteroatoms. The summed E-state index contributed by atoms with van der Waals surface area (Å²) in [5, 5.41) is 11.1. The number of hydrogen-bond acceptors (Lipinski definition) is 2. The van der Waals surface area contributed by atoms with Gasteiger partial charge < -0.3 is 10.0 Å². The molecule has 26 heavy (non-hydrogen) atoms. The second-order valence-corrected chi connectivity index (χ2v) is 7.93. The minimum absolute atomic E-state index is 0.145. The number of amides is 1. The summed E-state index contributed by atoms with van der Waals surface area (Å²) in [6.07, 6.45) is 3.61. The van der Waals surface area contributed by atoms with E-state index in [2.05, 4.69) is 31.2 Å². The zero-order valence-corrected chi connectivity index (χ0v) is 15.4. The Labute approximate surface area is 155 Å². The third-order valence-corrected chi connectivity index (χ3v) is 6.15. The van der Waals surface area contributed by atoms with Crippen molar-refractivity contribution < 1.29 is 9.90 Å². The third-order valence-electron chi connectivity index (χ3n) is 6.15. The molecule has 2 fully saturated rings. The maximum atomic E-state index is 12.6. The largest absolute Gasteiger partial charge is 0.385 e. The van der Waals surface area contributed by atoms with Crippen LogP contribution in [0, 0.1) is 11.8 Å². The highest BCUT2D eigenvalue weighted by Crippen LogP contribution is 2.39. The first-order chi connectivity index (χ1) is 12.6. The molecule has 1 aliphatic heterocycles. The number of benzene rings is 2. The number of likely N-dealkylation sites (tertiary alicyclic amines) is 1. The van der Waals surface area contributed by atoms with Crippen molar-refractivity contribution in [3.05, 3.63) is 60.2 Å². The average molecular weight is 349 g/mol. The molecule has 1 saturated heterocycles. The van der Waals surface area contributed by atoms with Crippen LogP contribution in [0.3, 0.4) is 0 Å². The molecule has 1 amide bonds. The van der Waals surface area contributed by atoms with E-state index < -0.39 is 5.60 Å². The fourth-order valence-electron chi connectivity index (χ4n) is 4.08. The highest BCUT2D eigenvalue weighted by Gasteiger charge is 2.39. The van der Waals surface area contributed by atoms with E-state index in [0.717, 1.165) is 11.1 Å². The van der Waals surface area contributed by atoms with Gasteiger partial charge >= 0.3 is 0 Å². The molecule has 3 nitrogen and oxygen atoms in total. The minimum atomic E-state index is -0.825. The van der Waals surface area contributed by atoms with Gasteiger partial charge in [-0.3, -0.25) is 4.79 Å². The summed E-state index contributed by atoms with van der Waals surface area (Å²) in [6, 6.07) is 18.5. The molecular formula is C23H27NO2. The molecular weight excluding hydrogens is 322 g/mol. The van der Waals surface area contributed by atoms with Crippen LogP contribution < -0.4 is 0 Å². The van der Waals surface area contributed by atoms with Crippen LogP contribution >= 0.6 is 0 Å². The van der Waals surface area contributed by atoms with E-state index in [0.29, 0.717) is 31.8 Å². The summed E-state index contributed by atoms with van der Waals surface area (Å²) in [7, 11) is 0. The fourth-order valence-corrected chi connectivity index (χ4v) is 4.08. The first-order valence-corrected chi connectivity index (χ1v) is 9.74. The van der Waals surface area contributed by atoms with Gasteiger partial charge in [0.2, 0.25) is 5.91 Å². The second-order valence-electron chi connectivity index (χ2n) is 7.93. The lowest BCUT2D eigenvalue weighted by Crippen LogP contribution is -2.47. The molecule has 0 bridgehead atoms. The van der Waals surface area contributed by atoms with E-state index in [1.54, 1.807) is 0 Å². The van der Waals surface area contributed by atoms with Gasteiger partial charge in [0.1, 0.15) is 0 Å². The molecule has 0 spiro atoms. The Balaban J connectivity index is 1.42. The summed E-state index contributed by atoms with van der Waals surface area (Å²) in [4.78, 5) is 14.5. The van der Waals surface area contributed by atoms with Crippen molar-refractivity contribution >= 4 is 5.91 Å². The molecule has 0 unspecified atom stereocenters. The van der Waals surface area contributed by atoms with E-state index >= 15 is 0 Å². The number of aliphatic hydroxyl groups is 1. The van der Waals surface area contributed by atoms with E-state index in [9.17, 15) is 9.90 Å². The zero-order valence-electron chi connectivity index (χ0n) is 15.4. The Bertz CT molecular complexity index is 757. The smallest absolute Gasteiger partial charge is 0.225 e. The molecule has 1 aliphatic carbocycles. The van der Waals surface area contributed by atoms with Crippen molar-refractivity contribution in [2.45, 2.75) is 38.2 Å². The summed E-state index contributed by atoms with van der Waals surface area (Å²) < 4.78 is 0. The van der Waals surface area contributed by atoms with Gasteiger partial charge in [-0.15, -0.1) is 0 Å². The Morgan fingerprint density at radius 3 is 2.15 bits per heavy atom. The average Bonchev–Trinajstić information content (AvgIpc) is 3.54. The molecule has 4 rings (SSSR count). The van der Waals surface area contributed by atoms with Crippen LogP contribution in [0.5, 0.6) is 0 Å². The van der Waals surface area contributed by atoms with Gasteiger partial charge in [-0.2, -0.15) is 0 Å². The molecule has 2 aromatic carbocycles. The molecule has 0 aromatic heterocycles. The van der Waals surface area contributed by atoms with Crippen molar-refractivity contribution in [3.63, 3.8) is 0 Å². The standard InChI is InChI=1S/C23H27NO2/c1-17(18-7-8-18)22(25)24-15-13-23(26,14-16-24)21-11-9-20(10-12-21)19-5-3-2-4-6-19/h2-6,9-12,17-18,26H,7-8,13-16H2,1H3/t17-/m0/s1. The highest BCUT2D eigenvalue weighted by molar-refractivity contribution is 5.79. The quantitative estimate of drug-likeness (QED) is 0.898. The van der Waals surface area contributed by atoms with Crippen molar-refractivity contribution in [2.24, 2.45) is 11.8 Å². The lowest BCUT2D eigenvalue weighted by Gasteiger charge is -2.39. The zero-order chi connectivity index (χ0) is 18.1. The van der Waals surface area contributed by atoms with Crippen molar-refractivity contribution in [1.29, 1.82) is 0 Å². The Morgan fingerprint density at radius 1 is 1.00 bits per heavy atom. The summed E-state index contributed by atoms with van der Waals surface area (Å²) in [6.45, 7) is 3.35. The Morgan fingerprint density at radius 2 is 1.58 bits per heavy atom. The lowest BCUT2D eigenvalue weighted by molar-refractivity contribution is -0.140. The molecule has 2 aliphatic rings. The number of piperidine rings is 1. The lowest BCUT2D eigenvalue weighted by atomic mass is 9.83. The number of carbonyl (C=O) groups excluding carboxylic acids is 1. The molecule has 1 heterocycles. The number of carbonyl (C=O) groups is 1. The van der Waals surface area contributed by atoms with E-state index in [4.69, 9.17) is 0 Å². The first-order valence-electron chi connectivity index (χ1n) is 9.74. The fraction of sp³-hybridized carbons (Fsp3) is 0.435. The monoisotopic (exact) mass is 349 g/mol. The van der Waals surface area contributed by atoms with Crippen LogP contribution in [0.1, 0.15) is 38.2 Å². The van der Waals surface area contributed by atoms with Gasteiger partial charge in [0.05, 0.1) is 5.60 Å². The Kier molecular flexibility index (Phi) is 4.58. The van der Waals surface area contributed by atoms with Crippen molar-refractivity contribution in [1.82, 2.24) is 4.90 Å². The predicted molar refractivity (Wildman–Crippen MR) is 103 cm³/mol. The van der Waals surface area contributed by atoms with Gasteiger partial charge in [-0.05, 0) is 48.3 Å². The summed E-state index contributed by atoms with van der Waals surface area (Å²) in [5.41, 5.74) is 2.47. The molecule has 2 aromatic rings. The minimum Gasteiger partial charge on any atom is -0.385 e. The van der Waals surface area contributed by atoms with E-state index in [1.165, 1.54) is 18.4 Å². The maximum absolute atomic E-state index is 12.6. The van der Waals surface area contributed by atoms with Gasteiger partial charge in [-0.1, -0.05) is 61.5 Å². The maximum Gasteiger partial charge on any atom is 0.225 e. The number of hydrogen-bond donors (Lipinski definition) is 1. The summed E-state index contributed by atoms with van der Waals surface area (Å²) >= 11 is 0. The number of rotatable bonds is 4. The molecule has 1 atom stereocenters. The molecule has 1 N–H and O–H groups in total. The normalized spacial score (nSPS) is 20.6. The van der Waals surface area contributed by atoms with Gasteiger partial charge in [0.25, 0.3) is 0 Å².